The molecular weight excluding hydrogens is 280 g/mol. The van der Waals surface area contributed by atoms with Gasteiger partial charge in [-0.2, -0.15) is 0 Å². The molecule has 0 unspecified atom stereocenters. The predicted molar refractivity (Wildman–Crippen MR) is 55.3 cm³/mol. The molecule has 0 amide bonds. The molecule has 1 aromatic rings. The minimum atomic E-state index is -4.16. The van der Waals surface area contributed by atoms with E-state index in [0.717, 1.165) is 20.3 Å². The van der Waals surface area contributed by atoms with Crippen molar-refractivity contribution in [2.24, 2.45) is 0 Å². The first kappa shape index (κ1) is 13.9. The predicted octanol–water partition coefficient (Wildman–Crippen LogP) is 1.96. The average Bonchev–Trinajstić information content (AvgIpc) is 2.25. The van der Waals surface area contributed by atoms with Crippen molar-refractivity contribution in [1.82, 2.24) is 4.98 Å². The van der Waals surface area contributed by atoms with Crippen molar-refractivity contribution in [2.45, 2.75) is 11.3 Å². The molecule has 0 bridgehead atoms. The van der Waals surface area contributed by atoms with E-state index in [2.05, 4.69) is 14.5 Å². The van der Waals surface area contributed by atoms with Crippen molar-refractivity contribution in [3.05, 3.63) is 11.8 Å². The van der Waals surface area contributed by atoms with Crippen LogP contribution in [0.5, 0.6) is 11.6 Å². The summed E-state index contributed by atoms with van der Waals surface area (Å²) in [6.07, 6.45) is -2.93. The van der Waals surface area contributed by atoms with Gasteiger partial charge in [0.1, 0.15) is 10.6 Å². The Morgan fingerprint density at radius 2 is 1.94 bits per heavy atom. The highest BCUT2D eigenvalue weighted by atomic mass is 35.7. The highest BCUT2D eigenvalue weighted by molar-refractivity contribution is 8.13. The molecule has 9 heteroatoms. The third kappa shape index (κ3) is 2.95. The quantitative estimate of drug-likeness (QED) is 0.792. The van der Waals surface area contributed by atoms with Crippen LogP contribution in [0.3, 0.4) is 0 Å². The van der Waals surface area contributed by atoms with E-state index >= 15 is 0 Å². The van der Waals surface area contributed by atoms with Crippen LogP contribution in [0.15, 0.2) is 11.0 Å². The summed E-state index contributed by atoms with van der Waals surface area (Å²) in [5, 5.41) is 0. The summed E-state index contributed by atoms with van der Waals surface area (Å²) in [5.74, 6) is -0.879. The van der Waals surface area contributed by atoms with E-state index < -0.39 is 31.9 Å². The van der Waals surface area contributed by atoms with Crippen LogP contribution in [0, 0.1) is 0 Å². The van der Waals surface area contributed by atoms with Crippen LogP contribution >= 0.6 is 10.7 Å². The molecule has 1 heterocycles. The Morgan fingerprint density at radius 1 is 1.35 bits per heavy atom. The van der Waals surface area contributed by atoms with Gasteiger partial charge in [-0.25, -0.2) is 22.2 Å². The zero-order chi connectivity index (χ0) is 13.2. The minimum absolute atomic E-state index is 0.375. The van der Waals surface area contributed by atoms with Crippen LogP contribution < -0.4 is 9.47 Å². The molecule has 17 heavy (non-hydrogen) atoms. The fourth-order valence-corrected chi connectivity index (χ4v) is 2.03. The second-order valence-corrected chi connectivity index (χ2v) is 5.36. The molecule has 0 N–H and O–H groups in total. The highest BCUT2D eigenvalue weighted by Gasteiger charge is 2.25. The number of hydrogen-bond donors (Lipinski definition) is 0. The Bertz CT molecular complexity index is 521. The molecule has 0 spiro atoms. The molecule has 0 aliphatic rings. The van der Waals surface area contributed by atoms with Gasteiger partial charge < -0.3 is 9.47 Å². The highest BCUT2D eigenvalue weighted by Crippen LogP contribution is 2.35. The third-order valence-electron chi connectivity index (χ3n) is 1.83. The fourth-order valence-electron chi connectivity index (χ4n) is 1.12. The summed E-state index contributed by atoms with van der Waals surface area (Å²) < 4.78 is 56.7. The molecule has 0 saturated carbocycles. The monoisotopic (exact) mass is 287 g/mol. The van der Waals surface area contributed by atoms with E-state index in [1.807, 2.05) is 0 Å². The number of methoxy groups -OCH3 is 2. The standard InChI is InChI=1S/C8H8ClF2NO4S/c1-15-4-3-5(17(9,13)14)8(16-2)12-6(4)7(10)11/h3,7H,1-2H3. The summed E-state index contributed by atoms with van der Waals surface area (Å²) in [4.78, 5) is 2.84. The molecule has 0 fully saturated rings. The van der Waals surface area contributed by atoms with Crippen molar-refractivity contribution in [2.75, 3.05) is 14.2 Å². The Kier molecular flexibility index (Phi) is 4.10. The molecule has 0 aliphatic heterocycles. The van der Waals surface area contributed by atoms with Crippen LogP contribution in [0.4, 0.5) is 8.78 Å². The lowest BCUT2D eigenvalue weighted by molar-refractivity contribution is 0.140. The maximum Gasteiger partial charge on any atom is 0.284 e. The number of rotatable bonds is 4. The molecule has 0 radical (unpaired) electrons. The molecule has 0 saturated heterocycles. The van der Waals surface area contributed by atoms with Crippen LogP contribution in [0.2, 0.25) is 0 Å². The number of nitrogens with zero attached hydrogens (tertiary/aromatic N) is 1. The first-order valence-corrected chi connectivity index (χ1v) is 6.48. The Labute approximate surface area is 101 Å². The second kappa shape index (κ2) is 5.01. The van der Waals surface area contributed by atoms with Gasteiger partial charge in [-0.1, -0.05) is 0 Å². The van der Waals surface area contributed by atoms with Gasteiger partial charge in [-0.15, -0.1) is 0 Å². The van der Waals surface area contributed by atoms with Gasteiger partial charge in [0.05, 0.1) is 14.2 Å². The van der Waals surface area contributed by atoms with E-state index in [-0.39, 0.29) is 5.75 Å². The lowest BCUT2D eigenvalue weighted by Crippen LogP contribution is -2.04. The lowest BCUT2D eigenvalue weighted by Gasteiger charge is -2.11. The topological polar surface area (TPSA) is 65.5 Å². The molecular formula is C8H8ClF2NO4S. The van der Waals surface area contributed by atoms with Gasteiger partial charge in [-0.3, -0.25) is 0 Å². The SMILES string of the molecule is COc1cc(S(=O)(=O)Cl)c(OC)nc1C(F)F. The van der Waals surface area contributed by atoms with E-state index in [1.165, 1.54) is 0 Å². The third-order valence-corrected chi connectivity index (χ3v) is 3.15. The number of aromatic nitrogens is 1. The van der Waals surface area contributed by atoms with Gasteiger partial charge in [0.25, 0.3) is 15.5 Å². The Morgan fingerprint density at radius 3 is 2.29 bits per heavy atom. The molecule has 0 aromatic carbocycles. The first-order chi connectivity index (χ1) is 7.81. The molecule has 96 valence electrons. The first-order valence-electron chi connectivity index (χ1n) is 4.17. The van der Waals surface area contributed by atoms with E-state index in [1.54, 1.807) is 0 Å². The van der Waals surface area contributed by atoms with Gasteiger partial charge in [0.15, 0.2) is 5.69 Å². The zero-order valence-corrected chi connectivity index (χ0v) is 10.3. The van der Waals surface area contributed by atoms with Crippen molar-refractivity contribution in [1.29, 1.82) is 0 Å². The van der Waals surface area contributed by atoms with Gasteiger partial charge >= 0.3 is 0 Å². The van der Waals surface area contributed by atoms with Gasteiger partial charge in [0, 0.05) is 16.7 Å². The van der Waals surface area contributed by atoms with E-state index in [0.29, 0.717) is 0 Å². The summed E-state index contributed by atoms with van der Waals surface area (Å²) >= 11 is 0. The van der Waals surface area contributed by atoms with E-state index in [4.69, 9.17) is 10.7 Å². The normalized spacial score (nSPS) is 11.6. The molecule has 5 nitrogen and oxygen atoms in total. The van der Waals surface area contributed by atoms with E-state index in [9.17, 15) is 17.2 Å². The molecule has 0 aliphatic carbocycles. The van der Waals surface area contributed by atoms with Crippen molar-refractivity contribution in [3.8, 4) is 11.6 Å². The average molecular weight is 288 g/mol. The summed E-state index contributed by atoms with van der Waals surface area (Å²) in [5.41, 5.74) is -0.714. The van der Waals surface area contributed by atoms with Crippen LogP contribution in [-0.4, -0.2) is 27.6 Å². The van der Waals surface area contributed by atoms with Crippen molar-refractivity contribution in [3.63, 3.8) is 0 Å². The number of hydrogen-bond acceptors (Lipinski definition) is 5. The minimum Gasteiger partial charge on any atom is -0.495 e. The number of pyridine rings is 1. The van der Waals surface area contributed by atoms with Crippen molar-refractivity contribution >= 4 is 19.7 Å². The Balaban J connectivity index is 3.55. The second-order valence-electron chi connectivity index (χ2n) is 2.82. The largest absolute Gasteiger partial charge is 0.495 e. The maximum absolute atomic E-state index is 12.6. The summed E-state index contributed by atoms with van der Waals surface area (Å²) in [6.45, 7) is 0. The smallest absolute Gasteiger partial charge is 0.284 e. The fraction of sp³-hybridized carbons (Fsp3) is 0.375. The Hall–Kier alpha value is -1.15. The van der Waals surface area contributed by atoms with Crippen molar-refractivity contribution < 1.29 is 26.7 Å². The lowest BCUT2D eigenvalue weighted by atomic mass is 10.3. The number of alkyl halides is 2. The molecule has 1 rings (SSSR count). The van der Waals surface area contributed by atoms with Gasteiger partial charge in [-0.05, 0) is 0 Å². The van der Waals surface area contributed by atoms with Crippen LogP contribution in [0.1, 0.15) is 12.1 Å². The maximum atomic E-state index is 12.6. The zero-order valence-electron chi connectivity index (χ0n) is 8.78. The number of halogens is 3. The van der Waals surface area contributed by atoms with Gasteiger partial charge in [0.2, 0.25) is 5.88 Å². The van der Waals surface area contributed by atoms with Crippen LogP contribution in [-0.2, 0) is 9.05 Å². The molecule has 0 atom stereocenters. The summed E-state index contributed by atoms with van der Waals surface area (Å²) in [7, 11) is 3.16. The summed E-state index contributed by atoms with van der Waals surface area (Å²) in [6, 6.07) is 0.843. The van der Waals surface area contributed by atoms with Crippen LogP contribution in [0.25, 0.3) is 0 Å². The number of ether oxygens (including phenoxy) is 2. The molecule has 1 aromatic heterocycles.